The van der Waals surface area contributed by atoms with Gasteiger partial charge in [0.1, 0.15) is 11.5 Å². The number of benzene rings is 1. The Morgan fingerprint density at radius 3 is 2.95 bits per heavy atom. The number of rotatable bonds is 4. The minimum absolute atomic E-state index is 0.00221. The molecular weight excluding hydrogens is 285 g/mol. The number of nitro groups is 1. The molecule has 0 amide bonds. The minimum Gasteiger partial charge on any atom is -0.379 e. The van der Waals surface area contributed by atoms with Crippen molar-refractivity contribution < 1.29 is 9.31 Å². The third kappa shape index (κ3) is 3.37. The van der Waals surface area contributed by atoms with Gasteiger partial charge in [-0.3, -0.25) is 10.1 Å². The second kappa shape index (κ2) is 5.93. The molecule has 0 saturated carbocycles. The molecule has 1 aromatic carbocycles. The maximum atomic E-state index is 13.5. The van der Waals surface area contributed by atoms with Gasteiger partial charge in [0.15, 0.2) is 0 Å². The molecule has 1 unspecified atom stereocenters. The summed E-state index contributed by atoms with van der Waals surface area (Å²) in [6.45, 7) is 4.47. The van der Waals surface area contributed by atoms with Gasteiger partial charge in [0.2, 0.25) is 0 Å². The lowest BCUT2D eigenvalue weighted by Gasteiger charge is -2.34. The van der Waals surface area contributed by atoms with Crippen molar-refractivity contribution in [2.24, 2.45) is 5.41 Å². The third-order valence-corrected chi connectivity index (χ3v) is 3.92. The van der Waals surface area contributed by atoms with E-state index in [9.17, 15) is 14.5 Å². The molecule has 1 aliphatic heterocycles. The van der Waals surface area contributed by atoms with Crippen molar-refractivity contribution in [1.82, 2.24) is 5.32 Å². The first-order valence-electron chi connectivity index (χ1n) is 6.49. The predicted octanol–water partition coefficient (Wildman–Crippen LogP) is 3.19. The summed E-state index contributed by atoms with van der Waals surface area (Å²) in [5, 5.41) is 17.0. The maximum absolute atomic E-state index is 13.5. The average Bonchev–Trinajstić information content (AvgIpc) is 2.40. The normalized spacial score (nSPS) is 22.6. The Morgan fingerprint density at radius 1 is 1.60 bits per heavy atom. The zero-order valence-electron chi connectivity index (χ0n) is 11.2. The fourth-order valence-corrected chi connectivity index (χ4v) is 2.57. The molecular formula is C13H17ClFN3O2. The van der Waals surface area contributed by atoms with Crippen molar-refractivity contribution in [1.29, 1.82) is 0 Å². The summed E-state index contributed by atoms with van der Waals surface area (Å²) in [5.74, 6) is -0.660. The number of nitro benzene ring substituents is 1. The quantitative estimate of drug-likeness (QED) is 0.662. The summed E-state index contributed by atoms with van der Waals surface area (Å²) >= 11 is 5.59. The van der Waals surface area contributed by atoms with Gasteiger partial charge in [-0.1, -0.05) is 18.5 Å². The molecule has 2 rings (SSSR count). The van der Waals surface area contributed by atoms with Crippen LogP contribution in [-0.2, 0) is 0 Å². The van der Waals surface area contributed by atoms with E-state index in [-0.39, 0.29) is 21.8 Å². The van der Waals surface area contributed by atoms with Gasteiger partial charge in [0.05, 0.1) is 9.95 Å². The van der Waals surface area contributed by atoms with Crippen LogP contribution in [0.3, 0.4) is 0 Å². The van der Waals surface area contributed by atoms with E-state index >= 15 is 0 Å². The molecule has 1 heterocycles. The monoisotopic (exact) mass is 301 g/mol. The molecule has 1 aromatic rings. The van der Waals surface area contributed by atoms with E-state index in [0.717, 1.165) is 38.1 Å². The Morgan fingerprint density at radius 2 is 2.35 bits per heavy atom. The van der Waals surface area contributed by atoms with Crippen LogP contribution >= 0.6 is 11.6 Å². The molecule has 110 valence electrons. The first-order chi connectivity index (χ1) is 9.41. The maximum Gasteiger partial charge on any atom is 0.294 e. The van der Waals surface area contributed by atoms with Crippen LogP contribution in [0.1, 0.15) is 19.8 Å². The van der Waals surface area contributed by atoms with Crippen LogP contribution < -0.4 is 10.6 Å². The summed E-state index contributed by atoms with van der Waals surface area (Å²) in [4.78, 5) is 10.4. The van der Waals surface area contributed by atoms with Gasteiger partial charge >= 0.3 is 0 Å². The first kappa shape index (κ1) is 15.0. The van der Waals surface area contributed by atoms with Crippen molar-refractivity contribution >= 4 is 23.0 Å². The number of piperidine rings is 1. The fourth-order valence-electron chi connectivity index (χ4n) is 2.41. The van der Waals surface area contributed by atoms with Crippen LogP contribution in [0, 0.1) is 21.3 Å². The van der Waals surface area contributed by atoms with Gasteiger partial charge in [0.25, 0.3) is 5.69 Å². The number of hydrogen-bond donors (Lipinski definition) is 2. The number of nitrogens with zero attached hydrogens (tertiary/aromatic N) is 1. The van der Waals surface area contributed by atoms with E-state index in [1.54, 1.807) is 0 Å². The summed E-state index contributed by atoms with van der Waals surface area (Å²) in [6, 6.07) is 2.13. The molecule has 0 spiro atoms. The van der Waals surface area contributed by atoms with Crippen molar-refractivity contribution in [3.8, 4) is 0 Å². The molecule has 1 aliphatic rings. The summed E-state index contributed by atoms with van der Waals surface area (Å²) in [7, 11) is 0. The highest BCUT2D eigenvalue weighted by Crippen LogP contribution is 2.32. The van der Waals surface area contributed by atoms with Gasteiger partial charge in [0, 0.05) is 25.2 Å². The largest absolute Gasteiger partial charge is 0.379 e. The molecule has 0 aliphatic carbocycles. The van der Waals surface area contributed by atoms with Crippen LogP contribution in [0.15, 0.2) is 12.1 Å². The van der Waals surface area contributed by atoms with Crippen LogP contribution in [0.25, 0.3) is 0 Å². The average molecular weight is 302 g/mol. The lowest BCUT2D eigenvalue weighted by Crippen LogP contribution is -2.42. The van der Waals surface area contributed by atoms with E-state index in [2.05, 4.69) is 17.6 Å². The van der Waals surface area contributed by atoms with Crippen LogP contribution in [0.4, 0.5) is 15.8 Å². The van der Waals surface area contributed by atoms with E-state index in [1.807, 2.05) is 0 Å². The standard InChI is InChI=1S/C13H17ClFN3O2/c1-13(3-2-4-16-7-13)8-17-11-6-10(15)9(14)5-12(11)18(19)20/h5-6,16-17H,2-4,7-8H2,1H3. The summed E-state index contributed by atoms with van der Waals surface area (Å²) < 4.78 is 13.5. The molecule has 1 fully saturated rings. The van der Waals surface area contributed by atoms with E-state index in [1.165, 1.54) is 0 Å². The summed E-state index contributed by atoms with van der Waals surface area (Å²) in [5.41, 5.74) is -0.0325. The SMILES string of the molecule is CC1(CNc2cc(F)c(Cl)cc2[N+](=O)[O-])CCCNC1. The Bertz CT molecular complexity index is 519. The fraction of sp³-hybridized carbons (Fsp3) is 0.538. The number of hydrogen-bond acceptors (Lipinski definition) is 4. The predicted molar refractivity (Wildman–Crippen MR) is 76.8 cm³/mol. The Labute approximate surface area is 121 Å². The first-order valence-corrected chi connectivity index (χ1v) is 6.87. The highest BCUT2D eigenvalue weighted by atomic mass is 35.5. The lowest BCUT2D eigenvalue weighted by atomic mass is 9.83. The van der Waals surface area contributed by atoms with Gasteiger partial charge in [-0.2, -0.15) is 0 Å². The van der Waals surface area contributed by atoms with Gasteiger partial charge in [-0.05, 0) is 24.8 Å². The van der Waals surface area contributed by atoms with E-state index in [0.29, 0.717) is 6.54 Å². The Kier molecular flexibility index (Phi) is 4.45. The Hall–Kier alpha value is -1.40. The molecule has 20 heavy (non-hydrogen) atoms. The second-order valence-electron chi connectivity index (χ2n) is 5.49. The molecule has 5 nitrogen and oxygen atoms in total. The van der Waals surface area contributed by atoms with Crippen molar-refractivity contribution in [3.05, 3.63) is 33.1 Å². The lowest BCUT2D eigenvalue weighted by molar-refractivity contribution is -0.384. The highest BCUT2D eigenvalue weighted by Gasteiger charge is 2.27. The van der Waals surface area contributed by atoms with Crippen LogP contribution in [0.2, 0.25) is 5.02 Å². The highest BCUT2D eigenvalue weighted by molar-refractivity contribution is 6.31. The number of halogens is 2. The molecule has 2 N–H and O–H groups in total. The molecule has 0 bridgehead atoms. The molecule has 0 radical (unpaired) electrons. The third-order valence-electron chi connectivity index (χ3n) is 3.63. The van der Waals surface area contributed by atoms with Gasteiger partial charge in [-0.15, -0.1) is 0 Å². The Balaban J connectivity index is 2.16. The van der Waals surface area contributed by atoms with Crippen molar-refractivity contribution in [3.63, 3.8) is 0 Å². The van der Waals surface area contributed by atoms with E-state index < -0.39 is 10.7 Å². The zero-order chi connectivity index (χ0) is 14.8. The zero-order valence-corrected chi connectivity index (χ0v) is 12.0. The smallest absolute Gasteiger partial charge is 0.294 e. The van der Waals surface area contributed by atoms with Crippen LogP contribution in [0.5, 0.6) is 0 Å². The molecule has 1 saturated heterocycles. The number of nitrogens with one attached hydrogen (secondary N) is 2. The summed E-state index contributed by atoms with van der Waals surface area (Å²) in [6.07, 6.45) is 2.09. The number of anilines is 1. The molecule has 0 aromatic heterocycles. The van der Waals surface area contributed by atoms with E-state index in [4.69, 9.17) is 11.6 Å². The van der Waals surface area contributed by atoms with Gasteiger partial charge < -0.3 is 10.6 Å². The molecule has 1 atom stereocenters. The van der Waals surface area contributed by atoms with Crippen molar-refractivity contribution in [2.75, 3.05) is 25.0 Å². The molecule has 7 heteroatoms. The minimum atomic E-state index is -0.660. The second-order valence-corrected chi connectivity index (χ2v) is 5.89. The van der Waals surface area contributed by atoms with Crippen molar-refractivity contribution in [2.45, 2.75) is 19.8 Å². The topological polar surface area (TPSA) is 67.2 Å². The van der Waals surface area contributed by atoms with Gasteiger partial charge in [-0.25, -0.2) is 4.39 Å². The van der Waals surface area contributed by atoms with Crippen LogP contribution in [-0.4, -0.2) is 24.6 Å².